The van der Waals surface area contributed by atoms with Crippen molar-refractivity contribution in [2.75, 3.05) is 13.1 Å². The molecular formula is C19H20N4O4. The lowest BCUT2D eigenvalue weighted by atomic mass is 10.0. The van der Waals surface area contributed by atoms with Crippen molar-refractivity contribution in [3.63, 3.8) is 0 Å². The fraction of sp³-hybridized carbons (Fsp3) is 0.474. The molecule has 0 saturated carbocycles. The minimum atomic E-state index is -0.911. The Labute approximate surface area is 155 Å². The van der Waals surface area contributed by atoms with E-state index in [0.717, 1.165) is 48.6 Å². The van der Waals surface area contributed by atoms with Gasteiger partial charge in [0.05, 0.1) is 11.1 Å². The minimum Gasteiger partial charge on any atom is -0.315 e. The van der Waals surface area contributed by atoms with Gasteiger partial charge in [0.25, 0.3) is 11.8 Å². The number of benzene rings is 1. The number of imide groups is 2. The molecule has 8 heteroatoms. The molecule has 27 heavy (non-hydrogen) atoms. The summed E-state index contributed by atoms with van der Waals surface area (Å²) in [5, 5.41) is 5.59. The first-order valence-corrected chi connectivity index (χ1v) is 9.35. The van der Waals surface area contributed by atoms with E-state index in [2.05, 4.69) is 15.5 Å². The zero-order chi connectivity index (χ0) is 18.7. The molecule has 140 valence electrons. The van der Waals surface area contributed by atoms with Gasteiger partial charge < -0.3 is 5.32 Å². The van der Waals surface area contributed by atoms with E-state index in [-0.39, 0.29) is 18.7 Å². The van der Waals surface area contributed by atoms with Crippen molar-refractivity contribution in [1.82, 2.24) is 20.4 Å². The molecule has 2 unspecified atom stereocenters. The molecule has 2 N–H and O–H groups in total. The third-order valence-corrected chi connectivity index (χ3v) is 6.06. The second-order valence-electron chi connectivity index (χ2n) is 7.67. The van der Waals surface area contributed by atoms with Crippen LogP contribution in [0.5, 0.6) is 0 Å². The van der Waals surface area contributed by atoms with Crippen LogP contribution in [0.3, 0.4) is 0 Å². The quantitative estimate of drug-likeness (QED) is 0.700. The lowest BCUT2D eigenvalue weighted by Gasteiger charge is -2.27. The van der Waals surface area contributed by atoms with Gasteiger partial charge >= 0.3 is 0 Å². The van der Waals surface area contributed by atoms with E-state index in [1.54, 1.807) is 0 Å². The number of carbonyl (C=O) groups excluding carboxylic acids is 4. The monoisotopic (exact) mass is 368 g/mol. The lowest BCUT2D eigenvalue weighted by molar-refractivity contribution is -0.136. The highest BCUT2D eigenvalue weighted by molar-refractivity contribution is 6.23. The van der Waals surface area contributed by atoms with Crippen molar-refractivity contribution in [1.29, 1.82) is 0 Å². The Kier molecular flexibility index (Phi) is 3.66. The topological polar surface area (TPSA) is 98.8 Å². The fourth-order valence-corrected chi connectivity index (χ4v) is 4.60. The largest absolute Gasteiger partial charge is 0.315 e. The molecule has 4 heterocycles. The summed E-state index contributed by atoms with van der Waals surface area (Å²) in [7, 11) is 0. The minimum absolute atomic E-state index is 0.130. The van der Waals surface area contributed by atoms with Crippen LogP contribution in [0.25, 0.3) is 0 Å². The number of hydrogen-bond donors (Lipinski definition) is 2. The van der Waals surface area contributed by atoms with Crippen LogP contribution in [-0.4, -0.2) is 58.6 Å². The molecule has 2 fully saturated rings. The van der Waals surface area contributed by atoms with Gasteiger partial charge in [0.15, 0.2) is 0 Å². The molecule has 2 atom stereocenters. The smallest absolute Gasteiger partial charge is 0.262 e. The molecule has 0 aliphatic carbocycles. The number of rotatable bonds is 2. The van der Waals surface area contributed by atoms with Gasteiger partial charge in [-0.1, -0.05) is 0 Å². The number of fused-ring (bicyclic) bond motifs is 2. The Bertz CT molecular complexity index is 845. The first kappa shape index (κ1) is 16.6. The summed E-state index contributed by atoms with van der Waals surface area (Å²) >= 11 is 0. The first-order valence-electron chi connectivity index (χ1n) is 9.35. The van der Waals surface area contributed by atoms with Gasteiger partial charge in [0, 0.05) is 32.1 Å². The van der Waals surface area contributed by atoms with E-state index in [4.69, 9.17) is 0 Å². The van der Waals surface area contributed by atoms with E-state index < -0.39 is 23.8 Å². The highest BCUT2D eigenvalue weighted by Gasteiger charge is 2.45. The van der Waals surface area contributed by atoms with Crippen LogP contribution in [0.4, 0.5) is 0 Å². The summed E-state index contributed by atoms with van der Waals surface area (Å²) in [4.78, 5) is 52.7. The Morgan fingerprint density at radius 1 is 0.926 bits per heavy atom. The van der Waals surface area contributed by atoms with E-state index in [9.17, 15) is 19.2 Å². The highest BCUT2D eigenvalue weighted by Crippen LogP contribution is 2.34. The van der Waals surface area contributed by atoms with E-state index in [1.165, 1.54) is 0 Å². The fourth-order valence-electron chi connectivity index (χ4n) is 4.60. The summed E-state index contributed by atoms with van der Waals surface area (Å²) in [6.07, 6.45) is 1.41. The third-order valence-electron chi connectivity index (χ3n) is 6.06. The molecule has 2 saturated heterocycles. The van der Waals surface area contributed by atoms with Crippen LogP contribution in [0, 0.1) is 0 Å². The maximum absolute atomic E-state index is 12.9. The molecule has 4 aliphatic rings. The van der Waals surface area contributed by atoms with Crippen LogP contribution < -0.4 is 10.6 Å². The number of hydrogen-bond acceptors (Lipinski definition) is 6. The Hall–Kier alpha value is -2.58. The summed E-state index contributed by atoms with van der Waals surface area (Å²) in [6, 6.07) is 3.21. The molecule has 8 nitrogen and oxygen atoms in total. The molecule has 4 amide bonds. The van der Waals surface area contributed by atoms with Gasteiger partial charge in [0.1, 0.15) is 6.04 Å². The summed E-state index contributed by atoms with van der Waals surface area (Å²) in [5.41, 5.74) is 2.89. The van der Waals surface area contributed by atoms with Crippen molar-refractivity contribution < 1.29 is 19.2 Å². The molecule has 0 spiro atoms. The van der Waals surface area contributed by atoms with Crippen LogP contribution in [0.15, 0.2) is 12.1 Å². The summed E-state index contributed by atoms with van der Waals surface area (Å²) in [5.74, 6) is -1.82. The van der Waals surface area contributed by atoms with Crippen molar-refractivity contribution in [2.45, 2.75) is 44.4 Å². The maximum atomic E-state index is 12.9. The van der Waals surface area contributed by atoms with Crippen LogP contribution in [0.1, 0.15) is 51.1 Å². The predicted molar refractivity (Wildman–Crippen MR) is 93.6 cm³/mol. The second-order valence-corrected chi connectivity index (χ2v) is 7.67. The Morgan fingerprint density at radius 3 is 2.15 bits per heavy atom. The molecule has 1 aromatic rings. The average molecular weight is 368 g/mol. The van der Waals surface area contributed by atoms with Gasteiger partial charge in [-0.25, -0.2) is 0 Å². The molecule has 5 rings (SSSR count). The average Bonchev–Trinajstić information content (AvgIpc) is 3.34. The third kappa shape index (κ3) is 2.51. The number of amides is 4. The molecule has 4 aliphatic heterocycles. The van der Waals surface area contributed by atoms with Gasteiger partial charge in [-0.3, -0.25) is 34.3 Å². The summed E-state index contributed by atoms with van der Waals surface area (Å²) < 4.78 is 0. The Balaban J connectivity index is 1.42. The van der Waals surface area contributed by atoms with Gasteiger partial charge in [-0.2, -0.15) is 0 Å². The van der Waals surface area contributed by atoms with Crippen molar-refractivity contribution in [3.8, 4) is 0 Å². The molecule has 0 aromatic heterocycles. The highest BCUT2D eigenvalue weighted by atomic mass is 16.2. The zero-order valence-corrected chi connectivity index (χ0v) is 14.8. The van der Waals surface area contributed by atoms with E-state index in [0.29, 0.717) is 17.2 Å². The number of carbonyl (C=O) groups is 4. The SMILES string of the molecule is O=C1CCC(N2C(=O)c3cc4c(cc3C2=O)CN(C2CCNC2)C4)C(=O)N1. The van der Waals surface area contributed by atoms with Gasteiger partial charge in [0.2, 0.25) is 11.8 Å². The standard InChI is InChI=1S/C19H20N4O4/c24-16-2-1-15(17(25)21-16)23-18(26)13-5-10-8-22(12-3-4-20-7-12)9-11(10)6-14(13)19(23)27/h5-6,12,15,20H,1-4,7-9H2,(H,21,24,25). The number of piperidine rings is 1. The van der Waals surface area contributed by atoms with Crippen molar-refractivity contribution >= 4 is 23.6 Å². The first-order chi connectivity index (χ1) is 13.0. The van der Waals surface area contributed by atoms with Crippen LogP contribution >= 0.6 is 0 Å². The normalized spacial score (nSPS) is 27.9. The predicted octanol–water partition coefficient (Wildman–Crippen LogP) is -0.235. The maximum Gasteiger partial charge on any atom is 0.262 e. The van der Waals surface area contributed by atoms with Gasteiger partial charge in [-0.15, -0.1) is 0 Å². The van der Waals surface area contributed by atoms with E-state index in [1.807, 2.05) is 12.1 Å². The second kappa shape index (κ2) is 5.97. The van der Waals surface area contributed by atoms with Crippen molar-refractivity contribution in [3.05, 3.63) is 34.4 Å². The molecular weight excluding hydrogens is 348 g/mol. The van der Waals surface area contributed by atoms with Crippen molar-refractivity contribution in [2.24, 2.45) is 0 Å². The molecule has 0 bridgehead atoms. The number of nitrogens with zero attached hydrogens (tertiary/aromatic N) is 2. The number of nitrogens with one attached hydrogen (secondary N) is 2. The van der Waals surface area contributed by atoms with E-state index >= 15 is 0 Å². The molecule has 1 aromatic carbocycles. The Morgan fingerprint density at radius 2 is 1.59 bits per heavy atom. The van der Waals surface area contributed by atoms with Crippen LogP contribution in [0.2, 0.25) is 0 Å². The van der Waals surface area contributed by atoms with Gasteiger partial charge in [-0.05, 0) is 42.6 Å². The van der Waals surface area contributed by atoms with Crippen LogP contribution in [-0.2, 0) is 22.7 Å². The lowest BCUT2D eigenvalue weighted by Crippen LogP contribution is -2.54. The summed E-state index contributed by atoms with van der Waals surface area (Å²) in [6.45, 7) is 3.53. The molecule has 0 radical (unpaired) electrons. The zero-order valence-electron chi connectivity index (χ0n) is 14.8.